The molecule has 0 aliphatic heterocycles. The van der Waals surface area contributed by atoms with Crippen LogP contribution in [0.25, 0.3) is 0 Å². The maximum absolute atomic E-state index is 13.2. The van der Waals surface area contributed by atoms with Gasteiger partial charge in [0, 0.05) is 17.3 Å². The van der Waals surface area contributed by atoms with Crippen LogP contribution in [0.4, 0.5) is 11.4 Å². The van der Waals surface area contributed by atoms with Crippen LogP contribution in [-0.4, -0.2) is 19.0 Å². The van der Waals surface area contributed by atoms with Gasteiger partial charge in [-0.15, -0.1) is 0 Å². The minimum Gasteiger partial charge on any atom is -0.308 e. The second-order valence-corrected chi connectivity index (χ2v) is 7.74. The van der Waals surface area contributed by atoms with Gasteiger partial charge in [0.15, 0.2) is 0 Å². The summed E-state index contributed by atoms with van der Waals surface area (Å²) in [6.07, 6.45) is 0.915. The fourth-order valence-electron chi connectivity index (χ4n) is 4.01. The summed E-state index contributed by atoms with van der Waals surface area (Å²) < 4.78 is 0. The lowest BCUT2D eigenvalue weighted by Crippen LogP contribution is -2.35. The first kappa shape index (κ1) is 21.5. The van der Waals surface area contributed by atoms with Crippen LogP contribution in [0.15, 0.2) is 121 Å². The van der Waals surface area contributed by atoms with Crippen LogP contribution < -0.4 is 10.2 Å². The molecular formula is C29H28N2O. The van der Waals surface area contributed by atoms with Crippen LogP contribution >= 0.6 is 0 Å². The summed E-state index contributed by atoms with van der Waals surface area (Å²) >= 11 is 0. The number of benzene rings is 4. The molecule has 0 fully saturated rings. The molecular weight excluding hydrogens is 392 g/mol. The molecule has 4 aromatic rings. The highest BCUT2D eigenvalue weighted by Gasteiger charge is 2.18. The molecule has 0 spiro atoms. The van der Waals surface area contributed by atoms with Gasteiger partial charge in [-0.3, -0.25) is 9.69 Å². The smallest absolute Gasteiger partial charge is 0.245 e. The number of anilines is 2. The number of amides is 1. The van der Waals surface area contributed by atoms with Gasteiger partial charge in [-0.25, -0.2) is 0 Å². The second kappa shape index (κ2) is 11.1. The Bertz CT molecular complexity index is 1000. The maximum atomic E-state index is 13.2. The highest BCUT2D eigenvalue weighted by molar-refractivity contribution is 6.01. The van der Waals surface area contributed by atoms with Crippen LogP contribution in [0.3, 0.4) is 0 Å². The van der Waals surface area contributed by atoms with Crippen LogP contribution in [0.2, 0.25) is 0 Å². The third kappa shape index (κ3) is 5.51. The molecule has 32 heavy (non-hydrogen) atoms. The van der Waals surface area contributed by atoms with Crippen molar-refractivity contribution in [3.8, 4) is 0 Å². The summed E-state index contributed by atoms with van der Waals surface area (Å²) in [7, 11) is 0. The van der Waals surface area contributed by atoms with Gasteiger partial charge in [0.2, 0.25) is 5.91 Å². The number of carbonyl (C=O) groups is 1. The topological polar surface area (TPSA) is 32.3 Å². The highest BCUT2D eigenvalue weighted by atomic mass is 16.2. The molecule has 0 aromatic heterocycles. The molecule has 0 aliphatic carbocycles. The van der Waals surface area contributed by atoms with E-state index < -0.39 is 0 Å². The third-order valence-corrected chi connectivity index (χ3v) is 5.57. The number of nitrogens with zero attached hydrogens (tertiary/aromatic N) is 1. The van der Waals surface area contributed by atoms with Gasteiger partial charge in [-0.05, 0) is 48.4 Å². The summed E-state index contributed by atoms with van der Waals surface area (Å²) in [6, 6.07) is 40.7. The molecule has 0 atom stereocenters. The van der Waals surface area contributed by atoms with E-state index in [-0.39, 0.29) is 12.5 Å². The van der Waals surface area contributed by atoms with Crippen molar-refractivity contribution in [2.24, 2.45) is 0 Å². The molecule has 4 rings (SSSR count). The van der Waals surface area contributed by atoms with Gasteiger partial charge in [-0.1, -0.05) is 97.1 Å². The number of carbonyl (C=O) groups excluding carboxylic acids is 1. The van der Waals surface area contributed by atoms with E-state index in [9.17, 15) is 4.79 Å². The zero-order valence-electron chi connectivity index (χ0n) is 18.1. The molecule has 0 heterocycles. The molecule has 3 heteroatoms. The van der Waals surface area contributed by atoms with Crippen LogP contribution in [0, 0.1) is 0 Å². The van der Waals surface area contributed by atoms with Crippen molar-refractivity contribution in [2.45, 2.75) is 12.3 Å². The minimum atomic E-state index is 0.0263. The summed E-state index contributed by atoms with van der Waals surface area (Å²) in [4.78, 5) is 15.0. The van der Waals surface area contributed by atoms with Crippen LogP contribution in [0.1, 0.15) is 23.5 Å². The number of hydrogen-bond acceptors (Lipinski definition) is 2. The van der Waals surface area contributed by atoms with E-state index in [1.54, 1.807) is 4.90 Å². The van der Waals surface area contributed by atoms with Gasteiger partial charge in [0.25, 0.3) is 0 Å². The standard InChI is InChI=1S/C29H28N2O/c32-29(31(26-17-9-3-10-18-26)27-19-11-4-12-20-27)23-30-22-21-28(24-13-5-1-6-14-24)25-15-7-2-8-16-25/h1-20,28,30H,21-23H2. The lowest BCUT2D eigenvalue weighted by atomic mass is 9.88. The molecule has 0 unspecified atom stereocenters. The zero-order valence-corrected chi connectivity index (χ0v) is 18.1. The molecule has 0 aliphatic rings. The molecule has 3 nitrogen and oxygen atoms in total. The average Bonchev–Trinajstić information content (AvgIpc) is 2.87. The molecule has 1 amide bonds. The van der Waals surface area contributed by atoms with Gasteiger partial charge < -0.3 is 5.32 Å². The SMILES string of the molecule is O=C(CNCCC(c1ccccc1)c1ccccc1)N(c1ccccc1)c1ccccc1. The van der Waals surface area contributed by atoms with Crippen molar-refractivity contribution in [1.82, 2.24) is 5.32 Å². The number of para-hydroxylation sites is 2. The first-order valence-corrected chi connectivity index (χ1v) is 11.1. The predicted octanol–water partition coefficient (Wildman–Crippen LogP) is 6.16. The van der Waals surface area contributed by atoms with Crippen molar-refractivity contribution in [3.63, 3.8) is 0 Å². The van der Waals surface area contributed by atoms with Crippen LogP contribution in [0.5, 0.6) is 0 Å². The molecule has 160 valence electrons. The van der Waals surface area contributed by atoms with Gasteiger partial charge in [0.1, 0.15) is 0 Å². The monoisotopic (exact) mass is 420 g/mol. The molecule has 0 saturated heterocycles. The maximum Gasteiger partial charge on any atom is 0.245 e. The quantitative estimate of drug-likeness (QED) is 0.329. The third-order valence-electron chi connectivity index (χ3n) is 5.57. The molecule has 0 saturated carbocycles. The normalized spacial score (nSPS) is 10.8. The Morgan fingerprint density at radius 2 is 1.03 bits per heavy atom. The van der Waals surface area contributed by atoms with Crippen molar-refractivity contribution in [1.29, 1.82) is 0 Å². The zero-order chi connectivity index (χ0) is 22.0. The number of hydrogen-bond donors (Lipinski definition) is 1. The fourth-order valence-corrected chi connectivity index (χ4v) is 4.01. The highest BCUT2D eigenvalue weighted by Crippen LogP contribution is 2.28. The molecule has 0 bridgehead atoms. The van der Waals surface area contributed by atoms with Crippen molar-refractivity contribution < 1.29 is 4.79 Å². The lowest BCUT2D eigenvalue weighted by molar-refractivity contribution is -0.117. The Balaban J connectivity index is 1.42. The average molecular weight is 421 g/mol. The van der Waals surface area contributed by atoms with E-state index in [1.807, 2.05) is 72.8 Å². The molecule has 1 N–H and O–H groups in total. The summed E-state index contributed by atoms with van der Waals surface area (Å²) in [5, 5.41) is 3.38. The van der Waals surface area contributed by atoms with E-state index >= 15 is 0 Å². The summed E-state index contributed by atoms with van der Waals surface area (Å²) in [6.45, 7) is 1.03. The largest absolute Gasteiger partial charge is 0.308 e. The van der Waals surface area contributed by atoms with Crippen molar-refractivity contribution in [2.75, 3.05) is 18.0 Å². The molecule has 0 radical (unpaired) electrons. The Labute approximate surface area is 190 Å². The van der Waals surface area contributed by atoms with Gasteiger partial charge >= 0.3 is 0 Å². The molecule has 4 aromatic carbocycles. The Morgan fingerprint density at radius 1 is 0.625 bits per heavy atom. The minimum absolute atomic E-state index is 0.0263. The Hall–Kier alpha value is -3.69. The predicted molar refractivity (Wildman–Crippen MR) is 132 cm³/mol. The van der Waals surface area contributed by atoms with Crippen molar-refractivity contribution >= 4 is 17.3 Å². The summed E-state index contributed by atoms with van der Waals surface area (Å²) in [5.74, 6) is 0.317. The Kier molecular flexibility index (Phi) is 7.46. The van der Waals surface area contributed by atoms with Gasteiger partial charge in [-0.2, -0.15) is 0 Å². The van der Waals surface area contributed by atoms with E-state index in [1.165, 1.54) is 11.1 Å². The van der Waals surface area contributed by atoms with E-state index in [0.717, 1.165) is 24.3 Å². The van der Waals surface area contributed by atoms with E-state index in [2.05, 4.69) is 53.8 Å². The van der Waals surface area contributed by atoms with E-state index in [4.69, 9.17) is 0 Å². The van der Waals surface area contributed by atoms with Crippen LogP contribution in [-0.2, 0) is 4.79 Å². The lowest BCUT2D eigenvalue weighted by Gasteiger charge is -2.24. The Morgan fingerprint density at radius 3 is 1.47 bits per heavy atom. The summed E-state index contributed by atoms with van der Waals surface area (Å²) in [5.41, 5.74) is 4.33. The number of nitrogens with one attached hydrogen (secondary N) is 1. The van der Waals surface area contributed by atoms with E-state index in [0.29, 0.717) is 5.92 Å². The first-order valence-electron chi connectivity index (χ1n) is 11.1. The van der Waals surface area contributed by atoms with Gasteiger partial charge in [0.05, 0.1) is 6.54 Å². The van der Waals surface area contributed by atoms with Crippen molar-refractivity contribution in [3.05, 3.63) is 132 Å². The second-order valence-electron chi connectivity index (χ2n) is 7.74. The first-order chi connectivity index (χ1) is 15.8. The fraction of sp³-hybridized carbons (Fsp3) is 0.138. The number of rotatable bonds is 9.